The van der Waals surface area contributed by atoms with E-state index in [-0.39, 0.29) is 6.42 Å². The summed E-state index contributed by atoms with van der Waals surface area (Å²) in [6.07, 6.45) is 3.46. The molecule has 0 amide bonds. The number of aliphatic carboxylic acids is 1. The van der Waals surface area contributed by atoms with Crippen molar-refractivity contribution in [3.63, 3.8) is 0 Å². The molecule has 0 saturated carbocycles. The molecule has 1 N–H and O–H groups in total. The van der Waals surface area contributed by atoms with Crippen LogP contribution in [0.2, 0.25) is 0 Å². The van der Waals surface area contributed by atoms with E-state index >= 15 is 0 Å². The molecule has 0 atom stereocenters. The van der Waals surface area contributed by atoms with Crippen molar-refractivity contribution >= 4 is 29.1 Å². The average Bonchev–Trinajstić information content (AvgIpc) is 3.16. The lowest BCUT2D eigenvalue weighted by Gasteiger charge is -1.97. The first-order valence-electron chi connectivity index (χ1n) is 6.43. The lowest BCUT2D eigenvalue weighted by atomic mass is 10.2. The molecule has 0 aromatic carbocycles. The minimum Gasteiger partial charge on any atom is -0.481 e. The van der Waals surface area contributed by atoms with E-state index in [2.05, 4.69) is 9.97 Å². The number of hydrogen-bond donors (Lipinski definition) is 1. The van der Waals surface area contributed by atoms with Crippen molar-refractivity contribution in [3.05, 3.63) is 41.5 Å². The number of carboxylic acid groups (broad SMARTS) is 1. The molecule has 3 rings (SSSR count). The van der Waals surface area contributed by atoms with Crippen LogP contribution in [-0.2, 0) is 11.2 Å². The van der Waals surface area contributed by atoms with Crippen LogP contribution in [0.5, 0.6) is 0 Å². The Balaban J connectivity index is 2.03. The monoisotopic (exact) mass is 332 g/mol. The van der Waals surface area contributed by atoms with E-state index < -0.39 is 5.97 Å². The third-order valence-corrected chi connectivity index (χ3v) is 4.48. The van der Waals surface area contributed by atoms with Crippen LogP contribution in [0.4, 0.5) is 0 Å². The minimum atomic E-state index is -0.937. The van der Waals surface area contributed by atoms with E-state index in [1.807, 2.05) is 35.9 Å². The molecule has 0 unspecified atom stereocenters. The highest BCUT2D eigenvalue weighted by molar-refractivity contribution is 7.98. The first-order valence-corrected chi connectivity index (χ1v) is 8.53. The number of thioether (sulfide) groups is 1. The van der Waals surface area contributed by atoms with Gasteiger partial charge in [0.1, 0.15) is 0 Å². The quantitative estimate of drug-likeness (QED) is 0.716. The maximum Gasteiger partial charge on any atom is 0.309 e. The third-order valence-electron chi connectivity index (χ3n) is 2.95. The second-order valence-electron chi connectivity index (χ2n) is 4.43. The number of aromatic nitrogens is 2. The number of oxazole rings is 1. The van der Waals surface area contributed by atoms with Gasteiger partial charge in [0, 0.05) is 6.20 Å². The topological polar surface area (TPSA) is 76.2 Å². The Morgan fingerprint density at radius 1 is 1.41 bits per heavy atom. The zero-order valence-electron chi connectivity index (χ0n) is 11.6. The predicted molar refractivity (Wildman–Crippen MR) is 86.2 cm³/mol. The smallest absolute Gasteiger partial charge is 0.309 e. The fraction of sp³-hybridized carbons (Fsp3) is 0.133. The zero-order chi connectivity index (χ0) is 15.5. The van der Waals surface area contributed by atoms with Crippen molar-refractivity contribution in [1.29, 1.82) is 0 Å². The Labute approximate surface area is 135 Å². The van der Waals surface area contributed by atoms with E-state index in [1.165, 1.54) is 11.3 Å². The summed E-state index contributed by atoms with van der Waals surface area (Å²) in [6, 6.07) is 7.52. The molecule has 0 bridgehead atoms. The molecular formula is C15H12N2O3S2. The number of hydrogen-bond acceptors (Lipinski definition) is 6. The van der Waals surface area contributed by atoms with Crippen molar-refractivity contribution in [2.75, 3.05) is 6.26 Å². The molecule has 7 heteroatoms. The fourth-order valence-corrected chi connectivity index (χ4v) is 3.06. The highest BCUT2D eigenvalue weighted by atomic mass is 32.2. The van der Waals surface area contributed by atoms with Gasteiger partial charge in [-0.25, -0.2) is 9.97 Å². The molecule has 0 aliphatic heterocycles. The number of nitrogens with zero attached hydrogens (tertiary/aromatic N) is 2. The van der Waals surface area contributed by atoms with Gasteiger partial charge in [0.05, 0.1) is 27.6 Å². The van der Waals surface area contributed by atoms with Crippen LogP contribution >= 0.6 is 23.1 Å². The van der Waals surface area contributed by atoms with Crippen molar-refractivity contribution < 1.29 is 14.3 Å². The molecule has 0 saturated heterocycles. The van der Waals surface area contributed by atoms with Gasteiger partial charge in [0.2, 0.25) is 5.89 Å². The first kappa shape index (κ1) is 14.8. The average molecular weight is 332 g/mol. The normalized spacial score (nSPS) is 10.8. The molecule has 3 aromatic rings. The van der Waals surface area contributed by atoms with E-state index in [1.54, 1.807) is 18.0 Å². The summed E-state index contributed by atoms with van der Waals surface area (Å²) in [7, 11) is 0. The van der Waals surface area contributed by atoms with Gasteiger partial charge in [-0.2, -0.15) is 0 Å². The van der Waals surface area contributed by atoms with Crippen LogP contribution in [0.25, 0.3) is 22.1 Å². The molecule has 5 nitrogen and oxygen atoms in total. The third kappa shape index (κ3) is 3.05. The lowest BCUT2D eigenvalue weighted by Crippen LogP contribution is -2.01. The van der Waals surface area contributed by atoms with E-state index in [0.717, 1.165) is 15.5 Å². The van der Waals surface area contributed by atoms with E-state index in [0.29, 0.717) is 17.3 Å². The number of carbonyl (C=O) groups is 1. The van der Waals surface area contributed by atoms with E-state index in [9.17, 15) is 4.79 Å². The van der Waals surface area contributed by atoms with Crippen LogP contribution in [0, 0.1) is 0 Å². The predicted octanol–water partition coefficient (Wildman–Crippen LogP) is 3.81. The summed E-state index contributed by atoms with van der Waals surface area (Å²) in [5.74, 6) is -0.0327. The fourth-order valence-electron chi connectivity index (χ4n) is 1.97. The molecule has 0 aliphatic rings. The Bertz CT molecular complexity index is 780. The maximum atomic E-state index is 11.0. The zero-order valence-corrected chi connectivity index (χ0v) is 13.3. The van der Waals surface area contributed by atoms with Gasteiger partial charge < -0.3 is 9.52 Å². The second-order valence-corrected chi connectivity index (χ2v) is 6.21. The van der Waals surface area contributed by atoms with Crippen molar-refractivity contribution in [1.82, 2.24) is 9.97 Å². The van der Waals surface area contributed by atoms with Gasteiger partial charge in [-0.1, -0.05) is 6.07 Å². The number of carboxylic acids is 1. The Hall–Kier alpha value is -2.12. The Morgan fingerprint density at radius 3 is 2.86 bits per heavy atom. The van der Waals surface area contributed by atoms with Crippen molar-refractivity contribution in [2.24, 2.45) is 0 Å². The SMILES string of the molecule is CSc1ccc(-c2nc(CC(=O)O)c(-c3cccs3)o2)cn1. The molecule has 3 heterocycles. The van der Waals surface area contributed by atoms with Gasteiger partial charge in [0.15, 0.2) is 5.76 Å². The van der Waals surface area contributed by atoms with E-state index in [4.69, 9.17) is 9.52 Å². The van der Waals surface area contributed by atoms with Gasteiger partial charge in [-0.05, 0) is 29.8 Å². The number of thiophene rings is 1. The summed E-state index contributed by atoms with van der Waals surface area (Å²) in [6.45, 7) is 0. The molecule has 22 heavy (non-hydrogen) atoms. The lowest BCUT2D eigenvalue weighted by molar-refractivity contribution is -0.136. The van der Waals surface area contributed by atoms with Gasteiger partial charge >= 0.3 is 5.97 Å². The van der Waals surface area contributed by atoms with Gasteiger partial charge in [0.25, 0.3) is 0 Å². The minimum absolute atomic E-state index is 0.174. The Morgan fingerprint density at radius 2 is 2.27 bits per heavy atom. The summed E-state index contributed by atoms with van der Waals surface area (Å²) in [5, 5.41) is 11.9. The summed E-state index contributed by atoms with van der Waals surface area (Å²) in [5.41, 5.74) is 1.16. The highest BCUT2D eigenvalue weighted by Gasteiger charge is 2.19. The summed E-state index contributed by atoms with van der Waals surface area (Å²) >= 11 is 3.04. The summed E-state index contributed by atoms with van der Waals surface area (Å²) < 4.78 is 5.81. The van der Waals surface area contributed by atoms with Crippen molar-refractivity contribution in [2.45, 2.75) is 11.4 Å². The summed E-state index contributed by atoms with van der Waals surface area (Å²) in [4.78, 5) is 20.5. The van der Waals surface area contributed by atoms with Crippen LogP contribution in [-0.4, -0.2) is 27.3 Å². The van der Waals surface area contributed by atoms with Crippen LogP contribution in [0.3, 0.4) is 0 Å². The molecule has 112 valence electrons. The molecule has 0 spiro atoms. The maximum absolute atomic E-state index is 11.0. The standard InChI is InChI=1S/C15H12N2O3S2/c1-21-12-5-4-9(8-16-12)15-17-10(7-13(18)19)14(20-15)11-3-2-6-22-11/h2-6,8H,7H2,1H3,(H,18,19). The van der Waals surface area contributed by atoms with Crippen LogP contribution in [0.15, 0.2) is 45.3 Å². The molecule has 0 aliphatic carbocycles. The Kier molecular flexibility index (Phi) is 4.26. The first-order chi connectivity index (χ1) is 10.7. The highest BCUT2D eigenvalue weighted by Crippen LogP contribution is 2.33. The largest absolute Gasteiger partial charge is 0.481 e. The van der Waals surface area contributed by atoms with Crippen LogP contribution < -0.4 is 0 Å². The van der Waals surface area contributed by atoms with Crippen molar-refractivity contribution in [3.8, 4) is 22.1 Å². The molecule has 3 aromatic heterocycles. The molecule has 0 fully saturated rings. The number of pyridine rings is 1. The van der Waals surface area contributed by atoms with Gasteiger partial charge in [-0.3, -0.25) is 4.79 Å². The number of rotatable bonds is 5. The molecular weight excluding hydrogens is 320 g/mol. The van der Waals surface area contributed by atoms with Gasteiger partial charge in [-0.15, -0.1) is 23.1 Å². The molecule has 0 radical (unpaired) electrons. The second kappa shape index (κ2) is 6.33. The van der Waals surface area contributed by atoms with Crippen LogP contribution in [0.1, 0.15) is 5.69 Å².